The fourth-order valence-corrected chi connectivity index (χ4v) is 0.799. The van der Waals surface area contributed by atoms with E-state index in [-0.39, 0.29) is 16.4 Å². The zero-order valence-electron chi connectivity index (χ0n) is 5.44. The van der Waals surface area contributed by atoms with Crippen LogP contribution in [0.1, 0.15) is 5.56 Å². The molecule has 0 unspecified atom stereocenters. The zero-order valence-corrected chi connectivity index (χ0v) is 6.19. The second kappa shape index (κ2) is 2.77. The van der Waals surface area contributed by atoms with Gasteiger partial charge in [-0.3, -0.25) is 0 Å². The molecule has 0 spiro atoms. The first-order valence-electron chi connectivity index (χ1n) is 2.73. The molecular formula is C7H4ClFN2. The van der Waals surface area contributed by atoms with Crippen LogP contribution in [0.5, 0.6) is 0 Å². The lowest BCUT2D eigenvalue weighted by molar-refractivity contribution is 0.624. The summed E-state index contributed by atoms with van der Waals surface area (Å²) in [6.07, 6.45) is 6.18. The molecule has 1 rings (SSSR count). The minimum atomic E-state index is -0.736. The van der Waals surface area contributed by atoms with Gasteiger partial charge in [0.05, 0.1) is 10.6 Å². The van der Waals surface area contributed by atoms with Crippen molar-refractivity contribution in [2.45, 2.75) is 0 Å². The summed E-state index contributed by atoms with van der Waals surface area (Å²) in [6.45, 7) is 0. The molecule has 2 N–H and O–H groups in total. The minimum absolute atomic E-state index is 0.0424. The Bertz CT molecular complexity index is 330. The largest absolute Gasteiger partial charge is 0.381 e. The molecule has 0 amide bonds. The summed E-state index contributed by atoms with van der Waals surface area (Å²) in [6, 6.07) is 0. The first-order chi connectivity index (χ1) is 5.16. The zero-order chi connectivity index (χ0) is 8.43. The standard InChI is InChI=1S/C7H4ClFN2/c1-2-4-5(8)3-11-7(10)6(4)9/h1,3H,(H2,10,11). The van der Waals surface area contributed by atoms with Crippen molar-refractivity contribution in [3.05, 3.63) is 22.6 Å². The molecule has 0 saturated heterocycles. The van der Waals surface area contributed by atoms with Crippen LogP contribution in [0, 0.1) is 18.2 Å². The van der Waals surface area contributed by atoms with Gasteiger partial charge < -0.3 is 5.73 Å². The number of hydrogen-bond donors (Lipinski definition) is 1. The number of pyridine rings is 1. The number of terminal acetylenes is 1. The number of nitrogens with zero attached hydrogens (tertiary/aromatic N) is 1. The molecule has 1 aromatic rings. The highest BCUT2D eigenvalue weighted by Crippen LogP contribution is 2.19. The van der Waals surface area contributed by atoms with Crippen LogP contribution in [0.25, 0.3) is 0 Å². The Kier molecular flexibility index (Phi) is 1.97. The molecule has 56 valence electrons. The Morgan fingerprint density at radius 1 is 1.73 bits per heavy atom. The van der Waals surface area contributed by atoms with E-state index in [1.807, 2.05) is 0 Å². The number of nitrogen functional groups attached to an aromatic ring is 1. The third-order valence-corrected chi connectivity index (χ3v) is 1.43. The highest BCUT2D eigenvalue weighted by atomic mass is 35.5. The predicted molar refractivity (Wildman–Crippen MR) is 41.6 cm³/mol. The van der Waals surface area contributed by atoms with E-state index in [1.165, 1.54) is 6.20 Å². The number of aromatic nitrogens is 1. The van der Waals surface area contributed by atoms with Crippen molar-refractivity contribution in [1.82, 2.24) is 4.98 Å². The maximum Gasteiger partial charge on any atom is 0.182 e. The fourth-order valence-electron chi connectivity index (χ4n) is 0.613. The molecule has 0 atom stereocenters. The van der Waals surface area contributed by atoms with E-state index in [1.54, 1.807) is 0 Å². The maximum absolute atomic E-state index is 12.8. The quantitative estimate of drug-likeness (QED) is 0.599. The molecular weight excluding hydrogens is 167 g/mol. The van der Waals surface area contributed by atoms with Crippen LogP contribution in [0.4, 0.5) is 10.2 Å². The van der Waals surface area contributed by atoms with E-state index < -0.39 is 5.82 Å². The van der Waals surface area contributed by atoms with Crippen molar-refractivity contribution < 1.29 is 4.39 Å². The third-order valence-electron chi connectivity index (χ3n) is 1.14. The van der Waals surface area contributed by atoms with Crippen molar-refractivity contribution in [2.75, 3.05) is 5.73 Å². The van der Waals surface area contributed by atoms with Gasteiger partial charge in [-0.1, -0.05) is 17.5 Å². The lowest BCUT2D eigenvalue weighted by atomic mass is 10.2. The summed E-state index contributed by atoms with van der Waals surface area (Å²) < 4.78 is 12.8. The molecule has 0 bridgehead atoms. The lowest BCUT2D eigenvalue weighted by Crippen LogP contribution is -1.97. The van der Waals surface area contributed by atoms with Gasteiger partial charge in [-0.15, -0.1) is 6.42 Å². The van der Waals surface area contributed by atoms with Gasteiger partial charge in [-0.2, -0.15) is 0 Å². The van der Waals surface area contributed by atoms with E-state index in [4.69, 9.17) is 23.8 Å². The van der Waals surface area contributed by atoms with E-state index in [0.717, 1.165) is 0 Å². The normalized spacial score (nSPS) is 9.18. The topological polar surface area (TPSA) is 38.9 Å². The maximum atomic E-state index is 12.8. The molecule has 4 heteroatoms. The Labute approximate surface area is 68.2 Å². The van der Waals surface area contributed by atoms with E-state index in [2.05, 4.69) is 10.9 Å². The Balaban J connectivity index is 3.44. The van der Waals surface area contributed by atoms with Crippen LogP contribution >= 0.6 is 11.6 Å². The van der Waals surface area contributed by atoms with Crippen molar-refractivity contribution in [2.24, 2.45) is 0 Å². The van der Waals surface area contributed by atoms with E-state index >= 15 is 0 Å². The molecule has 1 heterocycles. The van der Waals surface area contributed by atoms with Crippen molar-refractivity contribution in [1.29, 1.82) is 0 Å². The average Bonchev–Trinajstić information content (AvgIpc) is 1.99. The molecule has 0 fully saturated rings. The average molecular weight is 171 g/mol. The molecule has 0 radical (unpaired) electrons. The SMILES string of the molecule is C#Cc1c(Cl)cnc(N)c1F. The van der Waals surface area contributed by atoms with E-state index in [0.29, 0.717) is 0 Å². The summed E-state index contributed by atoms with van der Waals surface area (Å²) in [7, 11) is 0. The Morgan fingerprint density at radius 3 is 2.82 bits per heavy atom. The van der Waals surface area contributed by atoms with Crippen LogP contribution < -0.4 is 5.73 Å². The fraction of sp³-hybridized carbons (Fsp3) is 0. The number of nitrogens with two attached hydrogens (primary N) is 1. The molecule has 11 heavy (non-hydrogen) atoms. The number of anilines is 1. The monoisotopic (exact) mass is 170 g/mol. The van der Waals surface area contributed by atoms with Gasteiger partial charge in [0.25, 0.3) is 0 Å². The van der Waals surface area contributed by atoms with Gasteiger partial charge >= 0.3 is 0 Å². The van der Waals surface area contributed by atoms with Gasteiger partial charge in [0, 0.05) is 6.20 Å². The highest BCUT2D eigenvalue weighted by Gasteiger charge is 2.08. The minimum Gasteiger partial charge on any atom is -0.381 e. The first-order valence-corrected chi connectivity index (χ1v) is 3.10. The molecule has 0 aromatic carbocycles. The highest BCUT2D eigenvalue weighted by molar-refractivity contribution is 6.31. The molecule has 0 aliphatic carbocycles. The lowest BCUT2D eigenvalue weighted by Gasteiger charge is -1.99. The van der Waals surface area contributed by atoms with Crippen LogP contribution in [0.3, 0.4) is 0 Å². The molecule has 0 saturated carbocycles. The molecule has 0 aliphatic heterocycles. The Morgan fingerprint density at radius 2 is 2.36 bits per heavy atom. The predicted octanol–water partition coefficient (Wildman–Crippen LogP) is 1.44. The number of rotatable bonds is 0. The molecule has 1 aromatic heterocycles. The van der Waals surface area contributed by atoms with Gasteiger partial charge in [-0.25, -0.2) is 9.37 Å². The van der Waals surface area contributed by atoms with Crippen LogP contribution in [-0.4, -0.2) is 4.98 Å². The summed E-state index contributed by atoms with van der Waals surface area (Å²) in [5.41, 5.74) is 5.08. The number of halogens is 2. The third kappa shape index (κ3) is 1.26. The smallest absolute Gasteiger partial charge is 0.182 e. The van der Waals surface area contributed by atoms with Gasteiger partial charge in [0.15, 0.2) is 11.6 Å². The molecule has 2 nitrogen and oxygen atoms in total. The first kappa shape index (κ1) is 7.83. The van der Waals surface area contributed by atoms with Gasteiger partial charge in [0.2, 0.25) is 0 Å². The molecule has 0 aliphatic rings. The van der Waals surface area contributed by atoms with E-state index in [9.17, 15) is 4.39 Å². The van der Waals surface area contributed by atoms with Crippen molar-refractivity contribution in [3.63, 3.8) is 0 Å². The van der Waals surface area contributed by atoms with Crippen molar-refractivity contribution in [3.8, 4) is 12.3 Å². The van der Waals surface area contributed by atoms with Crippen LogP contribution in [0.15, 0.2) is 6.20 Å². The second-order valence-electron chi connectivity index (χ2n) is 1.82. The van der Waals surface area contributed by atoms with Crippen LogP contribution in [0.2, 0.25) is 5.02 Å². The summed E-state index contributed by atoms with van der Waals surface area (Å²) >= 11 is 5.50. The van der Waals surface area contributed by atoms with Crippen LogP contribution in [-0.2, 0) is 0 Å². The summed E-state index contributed by atoms with van der Waals surface area (Å²) in [5.74, 6) is 1.11. The summed E-state index contributed by atoms with van der Waals surface area (Å²) in [4.78, 5) is 3.46. The number of hydrogen-bond acceptors (Lipinski definition) is 2. The summed E-state index contributed by atoms with van der Waals surface area (Å²) in [5, 5.41) is 0.0965. The van der Waals surface area contributed by atoms with Crippen molar-refractivity contribution >= 4 is 17.4 Å². The second-order valence-corrected chi connectivity index (χ2v) is 2.23. The van der Waals surface area contributed by atoms with Gasteiger partial charge in [-0.05, 0) is 0 Å². The van der Waals surface area contributed by atoms with Gasteiger partial charge in [0.1, 0.15) is 0 Å². The Hall–Kier alpha value is -1.27.